The van der Waals surface area contributed by atoms with Gasteiger partial charge in [-0.3, -0.25) is 0 Å². The summed E-state index contributed by atoms with van der Waals surface area (Å²) in [5.74, 6) is 1.83. The van der Waals surface area contributed by atoms with E-state index in [-0.39, 0.29) is 13.2 Å². The number of aliphatic hydroxyl groups excluding tert-OH is 2. The van der Waals surface area contributed by atoms with Gasteiger partial charge in [-0.1, -0.05) is 76.6 Å². The van der Waals surface area contributed by atoms with E-state index in [2.05, 4.69) is 43.3 Å². The summed E-state index contributed by atoms with van der Waals surface area (Å²) in [6.07, 6.45) is 11.8. The minimum absolute atomic E-state index is 0.0670. The first-order valence-corrected chi connectivity index (χ1v) is 13.9. The van der Waals surface area contributed by atoms with E-state index >= 15 is 0 Å². The normalized spacial score (nSPS) is 11.6. The number of unbranched alkanes of at least 4 members (excludes halogenated alkanes) is 8. The highest BCUT2D eigenvalue weighted by Gasteiger charge is 2.22. The predicted molar refractivity (Wildman–Crippen MR) is 148 cm³/mol. The molecule has 0 spiro atoms. The van der Waals surface area contributed by atoms with Gasteiger partial charge in [0.25, 0.3) is 0 Å². The van der Waals surface area contributed by atoms with Gasteiger partial charge in [-0.2, -0.15) is 0 Å². The Bertz CT molecular complexity index is 784. The minimum atomic E-state index is -0.547. The second kappa shape index (κ2) is 18.2. The van der Waals surface area contributed by atoms with Crippen molar-refractivity contribution in [2.24, 2.45) is 5.41 Å². The molecule has 0 aromatic heterocycles. The van der Waals surface area contributed by atoms with E-state index < -0.39 is 5.41 Å². The molecule has 2 N–H and O–H groups in total. The summed E-state index contributed by atoms with van der Waals surface area (Å²) in [6.45, 7) is 6.47. The van der Waals surface area contributed by atoms with Crippen LogP contribution in [0.1, 0.15) is 78.1 Å². The summed E-state index contributed by atoms with van der Waals surface area (Å²) in [5, 5.41) is 18.5. The molecule has 2 rings (SSSR count). The van der Waals surface area contributed by atoms with Crippen LogP contribution >= 0.6 is 0 Å². The lowest BCUT2D eigenvalue weighted by molar-refractivity contribution is -0.0169. The zero-order chi connectivity index (χ0) is 25.9. The molecule has 5 heteroatoms. The second-order valence-corrected chi connectivity index (χ2v) is 10.1. The fourth-order valence-electron chi connectivity index (χ4n) is 3.87. The van der Waals surface area contributed by atoms with Crippen LogP contribution in [0.4, 0.5) is 0 Å². The third-order valence-electron chi connectivity index (χ3n) is 6.47. The smallest absolute Gasteiger partial charge is 0.119 e. The van der Waals surface area contributed by atoms with Gasteiger partial charge in [-0.15, -0.1) is 0 Å². The maximum Gasteiger partial charge on any atom is 0.119 e. The molecule has 5 nitrogen and oxygen atoms in total. The van der Waals surface area contributed by atoms with Gasteiger partial charge in [-0.25, -0.2) is 0 Å². The van der Waals surface area contributed by atoms with Crippen molar-refractivity contribution in [2.45, 2.75) is 78.1 Å². The van der Waals surface area contributed by atoms with Crippen molar-refractivity contribution in [3.63, 3.8) is 0 Å². The largest absolute Gasteiger partial charge is 0.494 e. The molecule has 0 fully saturated rings. The van der Waals surface area contributed by atoms with Gasteiger partial charge in [0.1, 0.15) is 11.5 Å². The molecular formula is C31H48O5. The van der Waals surface area contributed by atoms with Gasteiger partial charge in [0, 0.05) is 12.0 Å². The number of rotatable bonds is 21. The molecule has 0 aliphatic carbocycles. The van der Waals surface area contributed by atoms with Crippen molar-refractivity contribution in [1.82, 2.24) is 0 Å². The summed E-state index contributed by atoms with van der Waals surface area (Å²) in [4.78, 5) is 0. The average molecular weight is 501 g/mol. The van der Waals surface area contributed by atoms with Crippen molar-refractivity contribution in [3.05, 3.63) is 48.5 Å². The van der Waals surface area contributed by atoms with Gasteiger partial charge < -0.3 is 24.4 Å². The molecular weight excluding hydrogens is 452 g/mol. The van der Waals surface area contributed by atoms with Crippen molar-refractivity contribution in [3.8, 4) is 22.6 Å². The third kappa shape index (κ3) is 12.2. The highest BCUT2D eigenvalue weighted by atomic mass is 16.5. The standard InChI is InChI=1S/C31H48O5/c1-3-4-5-6-7-11-22-35-29-17-13-27(14-18-29)28-15-19-30(20-16-28)36-23-12-9-8-10-21-34-26-31(2,24-32)25-33/h13-20,32-33H,3-12,21-26H2,1-2H3. The fraction of sp³-hybridized carbons (Fsp3) is 0.613. The van der Waals surface area contributed by atoms with Crippen LogP contribution in [-0.2, 0) is 4.74 Å². The van der Waals surface area contributed by atoms with Gasteiger partial charge in [0.15, 0.2) is 0 Å². The van der Waals surface area contributed by atoms with Crippen LogP contribution in [-0.4, -0.2) is 49.9 Å². The van der Waals surface area contributed by atoms with Crippen LogP contribution in [0.5, 0.6) is 11.5 Å². The lowest BCUT2D eigenvalue weighted by atomic mass is 9.95. The molecule has 0 unspecified atom stereocenters. The zero-order valence-corrected chi connectivity index (χ0v) is 22.6. The predicted octanol–water partition coefficient (Wildman–Crippen LogP) is 7.04. The molecule has 0 aliphatic heterocycles. The Labute approximate surface area is 218 Å². The highest BCUT2D eigenvalue weighted by Crippen LogP contribution is 2.25. The van der Waals surface area contributed by atoms with E-state index in [1.165, 1.54) is 43.2 Å². The Morgan fingerprint density at radius 1 is 0.583 bits per heavy atom. The first-order chi connectivity index (χ1) is 17.6. The Morgan fingerprint density at radius 2 is 1.00 bits per heavy atom. The maximum atomic E-state index is 9.26. The molecule has 0 radical (unpaired) electrons. The van der Waals surface area contributed by atoms with Crippen LogP contribution in [0.15, 0.2) is 48.5 Å². The Morgan fingerprint density at radius 3 is 1.44 bits per heavy atom. The van der Waals surface area contributed by atoms with E-state index in [1.807, 2.05) is 19.1 Å². The number of ether oxygens (including phenoxy) is 3. The lowest BCUT2D eigenvalue weighted by Crippen LogP contribution is -2.31. The van der Waals surface area contributed by atoms with Gasteiger partial charge in [0.05, 0.1) is 33.0 Å². The van der Waals surface area contributed by atoms with E-state index in [0.717, 1.165) is 50.2 Å². The molecule has 202 valence electrons. The Kier molecular flexibility index (Phi) is 15.2. The summed E-state index contributed by atoms with van der Waals surface area (Å²) in [6, 6.07) is 16.6. The van der Waals surface area contributed by atoms with E-state index in [0.29, 0.717) is 19.8 Å². The Balaban J connectivity index is 1.57. The highest BCUT2D eigenvalue weighted by molar-refractivity contribution is 5.64. The van der Waals surface area contributed by atoms with Crippen molar-refractivity contribution >= 4 is 0 Å². The van der Waals surface area contributed by atoms with Crippen LogP contribution in [0.3, 0.4) is 0 Å². The van der Waals surface area contributed by atoms with Crippen molar-refractivity contribution in [1.29, 1.82) is 0 Å². The summed E-state index contributed by atoms with van der Waals surface area (Å²) in [5.41, 5.74) is 1.80. The van der Waals surface area contributed by atoms with Crippen molar-refractivity contribution < 1.29 is 24.4 Å². The van der Waals surface area contributed by atoms with E-state index in [1.54, 1.807) is 0 Å². The zero-order valence-electron chi connectivity index (χ0n) is 22.6. The molecule has 0 saturated carbocycles. The average Bonchev–Trinajstić information content (AvgIpc) is 2.92. The molecule has 0 heterocycles. The molecule has 36 heavy (non-hydrogen) atoms. The van der Waals surface area contributed by atoms with Gasteiger partial charge in [0.2, 0.25) is 0 Å². The first-order valence-electron chi connectivity index (χ1n) is 13.9. The van der Waals surface area contributed by atoms with E-state index in [9.17, 15) is 10.2 Å². The quantitative estimate of drug-likeness (QED) is 0.180. The monoisotopic (exact) mass is 500 g/mol. The van der Waals surface area contributed by atoms with E-state index in [4.69, 9.17) is 14.2 Å². The molecule has 0 bridgehead atoms. The lowest BCUT2D eigenvalue weighted by Gasteiger charge is -2.24. The number of hydrogen-bond acceptors (Lipinski definition) is 5. The van der Waals surface area contributed by atoms with Gasteiger partial charge in [-0.05, 0) is 61.1 Å². The molecule has 0 atom stereocenters. The fourth-order valence-corrected chi connectivity index (χ4v) is 3.87. The molecule has 2 aromatic carbocycles. The topological polar surface area (TPSA) is 68.2 Å². The first kappa shape index (κ1) is 30.1. The van der Waals surface area contributed by atoms with Crippen molar-refractivity contribution in [2.75, 3.05) is 39.6 Å². The number of benzene rings is 2. The summed E-state index contributed by atoms with van der Waals surface area (Å²) >= 11 is 0. The third-order valence-corrected chi connectivity index (χ3v) is 6.47. The van der Waals surface area contributed by atoms with Crippen LogP contribution < -0.4 is 9.47 Å². The molecule has 2 aromatic rings. The SMILES string of the molecule is CCCCCCCCOc1ccc(-c2ccc(OCCCCCCOCC(C)(CO)CO)cc2)cc1. The molecule has 0 saturated heterocycles. The second-order valence-electron chi connectivity index (χ2n) is 10.1. The maximum absolute atomic E-state index is 9.26. The number of aliphatic hydroxyl groups is 2. The Hall–Kier alpha value is -2.08. The summed E-state index contributed by atoms with van der Waals surface area (Å²) in [7, 11) is 0. The molecule has 0 aliphatic rings. The molecule has 0 amide bonds. The number of hydrogen-bond donors (Lipinski definition) is 2. The van der Waals surface area contributed by atoms with Crippen LogP contribution in [0.25, 0.3) is 11.1 Å². The van der Waals surface area contributed by atoms with Gasteiger partial charge >= 0.3 is 0 Å². The van der Waals surface area contributed by atoms with Crippen LogP contribution in [0.2, 0.25) is 0 Å². The minimum Gasteiger partial charge on any atom is -0.494 e. The summed E-state index contributed by atoms with van der Waals surface area (Å²) < 4.78 is 17.4. The van der Waals surface area contributed by atoms with Crippen LogP contribution in [0, 0.1) is 5.41 Å².